The number of aromatic nitrogens is 2. The van der Waals surface area contributed by atoms with Crippen LogP contribution in [0.4, 0.5) is 0 Å². The van der Waals surface area contributed by atoms with Gasteiger partial charge in [-0.25, -0.2) is 0 Å². The van der Waals surface area contributed by atoms with Gasteiger partial charge in [-0.2, -0.15) is 5.10 Å². The van der Waals surface area contributed by atoms with Crippen LogP contribution in [0.2, 0.25) is 0 Å². The number of amides is 1. The Bertz CT molecular complexity index is 624. The number of ether oxygens (including phenoxy) is 2. The Labute approximate surface area is 133 Å². The van der Waals surface area contributed by atoms with Crippen molar-refractivity contribution in [3.05, 3.63) is 39.8 Å². The Hall–Kier alpha value is -1.70. The molecule has 0 saturated carbocycles. The molecule has 3 heterocycles. The van der Waals surface area contributed by atoms with E-state index in [4.69, 9.17) is 9.47 Å². The second-order valence-electron chi connectivity index (χ2n) is 5.09. The second kappa shape index (κ2) is 7.04. The van der Waals surface area contributed by atoms with Gasteiger partial charge in [0.25, 0.3) is 5.91 Å². The minimum Gasteiger partial charge on any atom is -0.383 e. The molecule has 0 aromatic carbocycles. The Balaban J connectivity index is 1.64. The van der Waals surface area contributed by atoms with Crippen LogP contribution in [0.25, 0.3) is 0 Å². The van der Waals surface area contributed by atoms with E-state index in [-0.39, 0.29) is 12.0 Å². The Morgan fingerprint density at radius 1 is 1.64 bits per heavy atom. The fourth-order valence-electron chi connectivity index (χ4n) is 2.47. The van der Waals surface area contributed by atoms with Crippen LogP contribution in [-0.2, 0) is 22.4 Å². The molecule has 1 atom stereocenters. The van der Waals surface area contributed by atoms with Crippen LogP contribution in [0.15, 0.2) is 23.7 Å². The maximum atomic E-state index is 12.0. The number of nitrogens with zero attached hydrogens (tertiary/aromatic N) is 2. The number of thiophene rings is 1. The molecule has 6 nitrogen and oxygen atoms in total. The first kappa shape index (κ1) is 15.2. The maximum absolute atomic E-state index is 12.0. The van der Waals surface area contributed by atoms with Crippen LogP contribution in [0.3, 0.4) is 0 Å². The average molecular weight is 321 g/mol. The van der Waals surface area contributed by atoms with E-state index in [9.17, 15) is 4.79 Å². The highest BCUT2D eigenvalue weighted by Crippen LogP contribution is 2.25. The molecule has 0 aliphatic carbocycles. The number of fused-ring (bicyclic) bond motifs is 1. The van der Waals surface area contributed by atoms with Crippen molar-refractivity contribution in [3.8, 4) is 0 Å². The normalized spacial score (nSPS) is 17.2. The van der Waals surface area contributed by atoms with E-state index in [2.05, 4.69) is 10.4 Å². The highest BCUT2D eigenvalue weighted by atomic mass is 32.1. The zero-order valence-electron chi connectivity index (χ0n) is 12.4. The molecule has 0 radical (unpaired) electrons. The zero-order chi connectivity index (χ0) is 15.4. The number of carbonyl (C=O) groups excluding carboxylic acids is 1. The van der Waals surface area contributed by atoms with Gasteiger partial charge in [-0.1, -0.05) is 6.07 Å². The summed E-state index contributed by atoms with van der Waals surface area (Å²) < 4.78 is 12.7. The van der Waals surface area contributed by atoms with Crippen LogP contribution >= 0.6 is 11.3 Å². The van der Waals surface area contributed by atoms with Crippen molar-refractivity contribution in [1.29, 1.82) is 0 Å². The predicted molar refractivity (Wildman–Crippen MR) is 83.2 cm³/mol. The first-order valence-corrected chi connectivity index (χ1v) is 8.14. The molecule has 0 saturated heterocycles. The molecule has 3 rings (SSSR count). The van der Waals surface area contributed by atoms with Crippen LogP contribution in [0.1, 0.15) is 27.0 Å². The number of hydrogen-bond acceptors (Lipinski definition) is 5. The molecule has 0 fully saturated rings. The smallest absolute Gasteiger partial charge is 0.261 e. The van der Waals surface area contributed by atoms with E-state index in [1.54, 1.807) is 7.11 Å². The summed E-state index contributed by atoms with van der Waals surface area (Å²) in [4.78, 5) is 12.7. The Morgan fingerprint density at radius 2 is 2.55 bits per heavy atom. The molecule has 2 aromatic heterocycles. The summed E-state index contributed by atoms with van der Waals surface area (Å²) in [6.45, 7) is 2.44. The van der Waals surface area contributed by atoms with Gasteiger partial charge >= 0.3 is 0 Å². The van der Waals surface area contributed by atoms with Crippen LogP contribution in [-0.4, -0.2) is 42.6 Å². The van der Waals surface area contributed by atoms with Gasteiger partial charge in [0.2, 0.25) is 0 Å². The van der Waals surface area contributed by atoms with Crippen molar-refractivity contribution in [2.24, 2.45) is 0 Å². The summed E-state index contributed by atoms with van der Waals surface area (Å²) in [5.74, 6) is -0.0652. The molecule has 2 aromatic rings. The summed E-state index contributed by atoms with van der Waals surface area (Å²) in [6, 6.07) is 3.68. The SMILES string of the molecule is COCCn1cc2c(n1)C(CNC(=O)c1cccs1)OCC2. The van der Waals surface area contributed by atoms with E-state index in [0.717, 1.165) is 18.7 Å². The topological polar surface area (TPSA) is 65.4 Å². The van der Waals surface area contributed by atoms with Crippen molar-refractivity contribution < 1.29 is 14.3 Å². The molecule has 118 valence electrons. The van der Waals surface area contributed by atoms with Gasteiger partial charge in [-0.3, -0.25) is 9.48 Å². The molecular weight excluding hydrogens is 302 g/mol. The van der Waals surface area contributed by atoms with Gasteiger partial charge in [0.05, 0.1) is 30.3 Å². The molecule has 1 N–H and O–H groups in total. The lowest BCUT2D eigenvalue weighted by Crippen LogP contribution is -2.31. The first-order chi connectivity index (χ1) is 10.8. The molecule has 1 aliphatic rings. The third-order valence-corrected chi connectivity index (χ3v) is 4.45. The molecule has 1 unspecified atom stereocenters. The van der Waals surface area contributed by atoms with E-state index < -0.39 is 0 Å². The largest absolute Gasteiger partial charge is 0.383 e. The number of carbonyl (C=O) groups is 1. The van der Waals surface area contributed by atoms with Crippen molar-refractivity contribution in [1.82, 2.24) is 15.1 Å². The fourth-order valence-corrected chi connectivity index (χ4v) is 3.11. The monoisotopic (exact) mass is 321 g/mol. The van der Waals surface area contributed by atoms with Crippen LogP contribution in [0, 0.1) is 0 Å². The third-order valence-electron chi connectivity index (χ3n) is 3.58. The number of nitrogens with one attached hydrogen (secondary N) is 1. The molecular formula is C15H19N3O3S. The molecule has 1 aliphatic heterocycles. The lowest BCUT2D eigenvalue weighted by atomic mass is 10.1. The second-order valence-corrected chi connectivity index (χ2v) is 6.04. The summed E-state index contributed by atoms with van der Waals surface area (Å²) in [5.41, 5.74) is 2.12. The molecule has 0 bridgehead atoms. The predicted octanol–water partition coefficient (Wildman–Crippen LogP) is 1.63. The Kier molecular flexibility index (Phi) is 4.87. The van der Waals surface area contributed by atoms with E-state index >= 15 is 0 Å². The first-order valence-electron chi connectivity index (χ1n) is 7.26. The van der Waals surface area contributed by atoms with E-state index in [1.165, 1.54) is 16.9 Å². The van der Waals surface area contributed by atoms with Gasteiger partial charge in [-0.05, 0) is 23.4 Å². The third kappa shape index (κ3) is 3.37. The van der Waals surface area contributed by atoms with Crippen molar-refractivity contribution in [2.45, 2.75) is 19.1 Å². The maximum Gasteiger partial charge on any atom is 0.261 e. The van der Waals surface area contributed by atoms with Gasteiger partial charge in [0.1, 0.15) is 6.10 Å². The minimum atomic E-state index is -0.184. The summed E-state index contributed by atoms with van der Waals surface area (Å²) in [5, 5.41) is 9.38. The fraction of sp³-hybridized carbons (Fsp3) is 0.467. The lowest BCUT2D eigenvalue weighted by Gasteiger charge is -2.22. The van der Waals surface area contributed by atoms with Crippen LogP contribution < -0.4 is 5.32 Å². The minimum absolute atomic E-state index is 0.0652. The number of hydrogen-bond donors (Lipinski definition) is 1. The van der Waals surface area contributed by atoms with Crippen molar-refractivity contribution >= 4 is 17.2 Å². The quantitative estimate of drug-likeness (QED) is 0.878. The summed E-state index contributed by atoms with van der Waals surface area (Å²) in [6.07, 6.45) is 2.72. The van der Waals surface area contributed by atoms with Gasteiger partial charge < -0.3 is 14.8 Å². The van der Waals surface area contributed by atoms with Gasteiger partial charge in [-0.15, -0.1) is 11.3 Å². The summed E-state index contributed by atoms with van der Waals surface area (Å²) >= 11 is 1.43. The average Bonchev–Trinajstić information content (AvgIpc) is 3.19. The number of methoxy groups -OCH3 is 1. The highest BCUT2D eigenvalue weighted by Gasteiger charge is 2.25. The van der Waals surface area contributed by atoms with E-state index in [1.807, 2.05) is 28.4 Å². The highest BCUT2D eigenvalue weighted by molar-refractivity contribution is 7.12. The molecule has 22 heavy (non-hydrogen) atoms. The number of rotatable bonds is 6. The molecule has 0 spiro atoms. The van der Waals surface area contributed by atoms with Crippen LogP contribution in [0.5, 0.6) is 0 Å². The zero-order valence-corrected chi connectivity index (χ0v) is 13.3. The van der Waals surface area contributed by atoms with Crippen molar-refractivity contribution in [3.63, 3.8) is 0 Å². The molecule has 7 heteroatoms. The molecule has 1 amide bonds. The van der Waals surface area contributed by atoms with E-state index in [0.29, 0.717) is 24.6 Å². The lowest BCUT2D eigenvalue weighted by molar-refractivity contribution is 0.0383. The van der Waals surface area contributed by atoms with Gasteiger partial charge in [0.15, 0.2) is 0 Å². The standard InChI is InChI=1S/C15H19N3O3S/c1-20-7-5-18-10-11-4-6-21-12(14(11)17-18)9-16-15(19)13-3-2-8-22-13/h2-3,8,10,12H,4-7,9H2,1H3,(H,16,19). The van der Waals surface area contributed by atoms with Crippen molar-refractivity contribution in [2.75, 3.05) is 26.9 Å². The summed E-state index contributed by atoms with van der Waals surface area (Å²) in [7, 11) is 1.68. The van der Waals surface area contributed by atoms with Gasteiger partial charge in [0, 0.05) is 19.9 Å². The Morgan fingerprint density at radius 3 is 3.32 bits per heavy atom.